The maximum absolute atomic E-state index is 14.7. The van der Waals surface area contributed by atoms with Crippen LogP contribution in [0.3, 0.4) is 0 Å². The van der Waals surface area contributed by atoms with Gasteiger partial charge in [-0.25, -0.2) is 8.78 Å². The molecule has 2 aliphatic rings. The monoisotopic (exact) mass is 472 g/mol. The summed E-state index contributed by atoms with van der Waals surface area (Å²) in [4.78, 5) is 20.7. The summed E-state index contributed by atoms with van der Waals surface area (Å²) in [5.41, 5.74) is 0.610. The number of likely N-dealkylation sites (tertiary alicyclic amines) is 1. The largest absolute Gasteiger partial charge is 0.490 e. The molecule has 1 amide bonds. The van der Waals surface area contributed by atoms with Crippen LogP contribution in [0.5, 0.6) is 5.75 Å². The van der Waals surface area contributed by atoms with Gasteiger partial charge >= 0.3 is 0 Å². The highest BCUT2D eigenvalue weighted by atomic mass is 19.1. The predicted octanol–water partition coefficient (Wildman–Crippen LogP) is 4.12. The lowest BCUT2D eigenvalue weighted by Crippen LogP contribution is -2.45. The molecule has 2 saturated heterocycles. The second-order valence-electron chi connectivity index (χ2n) is 9.91. The molecule has 1 N–H and O–H groups in total. The molecule has 6 nitrogen and oxygen atoms in total. The molecule has 3 heterocycles. The average molecular weight is 473 g/mol. The fourth-order valence-electron chi connectivity index (χ4n) is 4.56. The molecular formula is C26H34F2N4O2. The minimum Gasteiger partial charge on any atom is -0.490 e. The summed E-state index contributed by atoms with van der Waals surface area (Å²) in [6.45, 7) is 7.94. The lowest BCUT2D eigenvalue weighted by molar-refractivity contribution is 0.0706. The van der Waals surface area contributed by atoms with E-state index in [0.717, 1.165) is 51.0 Å². The van der Waals surface area contributed by atoms with Gasteiger partial charge in [-0.3, -0.25) is 15.1 Å². The molecule has 0 radical (unpaired) electrons. The zero-order valence-corrected chi connectivity index (χ0v) is 20.0. The van der Waals surface area contributed by atoms with Crippen molar-refractivity contribution in [3.8, 4) is 16.9 Å². The fourth-order valence-corrected chi connectivity index (χ4v) is 4.56. The second kappa shape index (κ2) is 10.8. The van der Waals surface area contributed by atoms with Crippen molar-refractivity contribution in [2.75, 3.05) is 46.0 Å². The maximum atomic E-state index is 14.7. The molecule has 2 aliphatic heterocycles. The van der Waals surface area contributed by atoms with Crippen LogP contribution >= 0.6 is 0 Å². The van der Waals surface area contributed by atoms with E-state index in [1.54, 1.807) is 49.2 Å². The Morgan fingerprint density at radius 2 is 1.94 bits per heavy atom. The van der Waals surface area contributed by atoms with E-state index in [1.807, 2.05) is 0 Å². The number of alkyl halides is 1. The van der Waals surface area contributed by atoms with Crippen molar-refractivity contribution in [1.82, 2.24) is 20.1 Å². The van der Waals surface area contributed by atoms with Gasteiger partial charge in [-0.15, -0.1) is 0 Å². The molecule has 1 aromatic carbocycles. The van der Waals surface area contributed by atoms with Crippen molar-refractivity contribution in [2.24, 2.45) is 5.92 Å². The Morgan fingerprint density at radius 1 is 1.18 bits per heavy atom. The Morgan fingerprint density at radius 3 is 2.56 bits per heavy atom. The number of aromatic nitrogens is 1. The highest BCUT2D eigenvalue weighted by Gasteiger charge is 2.25. The summed E-state index contributed by atoms with van der Waals surface area (Å²) >= 11 is 0. The first kappa shape index (κ1) is 24.5. The molecule has 8 heteroatoms. The van der Waals surface area contributed by atoms with Gasteiger partial charge < -0.3 is 14.5 Å². The number of nitrogens with zero attached hydrogens (tertiary/aromatic N) is 3. The van der Waals surface area contributed by atoms with Crippen LogP contribution in [0, 0.1) is 11.7 Å². The van der Waals surface area contributed by atoms with E-state index in [9.17, 15) is 13.6 Å². The van der Waals surface area contributed by atoms with Crippen molar-refractivity contribution < 1.29 is 18.3 Å². The molecule has 0 unspecified atom stereocenters. The lowest BCUT2D eigenvalue weighted by Gasteiger charge is -2.34. The SMILES string of the molecule is CC(C)(F)CN1CCC(COc2ccc(-c3ccc(C(=O)N4CCCNC4)nc3)cc2F)CC1. The molecule has 4 rings (SSSR count). The third kappa shape index (κ3) is 6.51. The maximum Gasteiger partial charge on any atom is 0.273 e. The number of nitrogens with one attached hydrogen (secondary N) is 1. The Hall–Kier alpha value is -2.58. The Bertz CT molecular complexity index is 964. The van der Waals surface area contributed by atoms with Crippen molar-refractivity contribution in [3.63, 3.8) is 0 Å². The standard InChI is InChI=1S/C26H34F2N4O2/c1-26(2,28)17-31-12-8-19(9-13-31)16-34-24-7-5-20(14-22(24)27)21-4-6-23(30-15-21)25(33)32-11-3-10-29-18-32/h4-7,14-15,19,29H,3,8-13,16-18H2,1-2H3. The zero-order chi connectivity index (χ0) is 24.1. The number of carbonyl (C=O) groups is 1. The third-order valence-corrected chi connectivity index (χ3v) is 6.40. The summed E-state index contributed by atoms with van der Waals surface area (Å²) in [5.74, 6) is 0.0393. The second-order valence-corrected chi connectivity index (χ2v) is 9.91. The number of amides is 1. The number of pyridine rings is 1. The van der Waals surface area contributed by atoms with Gasteiger partial charge in [0, 0.05) is 24.8 Å². The van der Waals surface area contributed by atoms with Crippen LogP contribution in [0.1, 0.15) is 43.6 Å². The van der Waals surface area contributed by atoms with E-state index >= 15 is 0 Å². The third-order valence-electron chi connectivity index (χ3n) is 6.40. The van der Waals surface area contributed by atoms with Crippen molar-refractivity contribution in [1.29, 1.82) is 0 Å². The zero-order valence-electron chi connectivity index (χ0n) is 20.0. The van der Waals surface area contributed by atoms with E-state index in [0.29, 0.717) is 37.0 Å². The fraction of sp³-hybridized carbons (Fsp3) is 0.538. The van der Waals surface area contributed by atoms with Crippen LogP contribution in [-0.2, 0) is 0 Å². The van der Waals surface area contributed by atoms with Crippen molar-refractivity contribution in [3.05, 3.63) is 48.0 Å². The van der Waals surface area contributed by atoms with Gasteiger partial charge in [-0.05, 0) is 82.4 Å². The van der Waals surface area contributed by atoms with Gasteiger partial charge in [0.1, 0.15) is 11.4 Å². The van der Waals surface area contributed by atoms with Crippen LogP contribution in [0.4, 0.5) is 8.78 Å². The van der Waals surface area contributed by atoms with Crippen LogP contribution in [0.25, 0.3) is 11.1 Å². The number of carbonyl (C=O) groups excluding carboxylic acids is 1. The number of ether oxygens (including phenoxy) is 1. The van der Waals surface area contributed by atoms with E-state index in [4.69, 9.17) is 4.74 Å². The van der Waals surface area contributed by atoms with Crippen molar-refractivity contribution >= 4 is 5.91 Å². The Kier molecular flexibility index (Phi) is 7.78. The summed E-state index contributed by atoms with van der Waals surface area (Å²) in [5, 5.41) is 3.18. The number of piperidine rings is 1. The number of halogens is 2. The van der Waals surface area contributed by atoms with E-state index in [2.05, 4.69) is 15.2 Å². The van der Waals surface area contributed by atoms with E-state index < -0.39 is 11.5 Å². The Balaban J connectivity index is 1.30. The molecular weight excluding hydrogens is 438 g/mol. The summed E-state index contributed by atoms with van der Waals surface area (Å²) < 4.78 is 34.3. The van der Waals surface area contributed by atoms with Gasteiger partial charge in [0.15, 0.2) is 11.6 Å². The van der Waals surface area contributed by atoms with Crippen molar-refractivity contribution in [2.45, 2.75) is 38.8 Å². The molecule has 0 atom stereocenters. The normalized spacial score (nSPS) is 18.2. The number of hydrogen-bond acceptors (Lipinski definition) is 5. The van der Waals surface area contributed by atoms with Gasteiger partial charge in [-0.2, -0.15) is 0 Å². The van der Waals surface area contributed by atoms with Gasteiger partial charge in [0.25, 0.3) is 5.91 Å². The van der Waals surface area contributed by atoms with Gasteiger partial charge in [0.05, 0.1) is 13.3 Å². The average Bonchev–Trinajstić information content (AvgIpc) is 2.83. The van der Waals surface area contributed by atoms with Crippen LogP contribution < -0.4 is 10.1 Å². The summed E-state index contributed by atoms with van der Waals surface area (Å²) in [6, 6.07) is 8.36. The molecule has 2 fully saturated rings. The topological polar surface area (TPSA) is 57.7 Å². The minimum absolute atomic E-state index is 0.104. The van der Waals surface area contributed by atoms with Crippen LogP contribution in [0.2, 0.25) is 0 Å². The molecule has 184 valence electrons. The molecule has 0 bridgehead atoms. The highest BCUT2D eigenvalue weighted by molar-refractivity contribution is 5.92. The molecule has 0 spiro atoms. The van der Waals surface area contributed by atoms with Gasteiger partial charge in [0.2, 0.25) is 0 Å². The smallest absolute Gasteiger partial charge is 0.273 e. The minimum atomic E-state index is -1.19. The number of benzene rings is 1. The molecule has 0 saturated carbocycles. The first-order valence-corrected chi connectivity index (χ1v) is 12.1. The number of rotatable bonds is 7. The molecule has 34 heavy (non-hydrogen) atoms. The van der Waals surface area contributed by atoms with E-state index in [1.165, 1.54) is 6.07 Å². The summed E-state index contributed by atoms with van der Waals surface area (Å²) in [7, 11) is 0. The first-order valence-electron chi connectivity index (χ1n) is 12.1. The quantitative estimate of drug-likeness (QED) is 0.657. The van der Waals surface area contributed by atoms with E-state index in [-0.39, 0.29) is 11.7 Å². The molecule has 0 aliphatic carbocycles. The highest BCUT2D eigenvalue weighted by Crippen LogP contribution is 2.27. The Labute approximate surface area is 200 Å². The van der Waals surface area contributed by atoms with Gasteiger partial charge in [-0.1, -0.05) is 12.1 Å². The number of hydrogen-bond donors (Lipinski definition) is 1. The lowest BCUT2D eigenvalue weighted by atomic mass is 9.97. The summed E-state index contributed by atoms with van der Waals surface area (Å²) in [6.07, 6.45) is 4.36. The predicted molar refractivity (Wildman–Crippen MR) is 128 cm³/mol. The molecule has 2 aromatic rings. The molecule has 1 aromatic heterocycles. The first-order chi connectivity index (χ1) is 16.3. The van der Waals surface area contributed by atoms with Crippen LogP contribution in [0.15, 0.2) is 36.5 Å². The van der Waals surface area contributed by atoms with Crippen LogP contribution in [-0.4, -0.2) is 72.4 Å².